The van der Waals surface area contributed by atoms with Crippen LogP contribution in [-0.2, 0) is 13.0 Å². The number of aliphatic hydroxyl groups is 1. The van der Waals surface area contributed by atoms with Gasteiger partial charge in [-0.3, -0.25) is 4.79 Å². The predicted molar refractivity (Wildman–Crippen MR) is 105 cm³/mol. The van der Waals surface area contributed by atoms with Crippen LogP contribution in [0.3, 0.4) is 0 Å². The minimum Gasteiger partial charge on any atom is -0.508 e. The van der Waals surface area contributed by atoms with Crippen molar-refractivity contribution in [1.29, 1.82) is 0 Å². The number of nitrogens with one attached hydrogen (secondary N) is 1. The summed E-state index contributed by atoms with van der Waals surface area (Å²) in [5.41, 5.74) is 1.61. The van der Waals surface area contributed by atoms with E-state index in [2.05, 4.69) is 33.0 Å². The molecule has 2 saturated carbocycles. The number of aliphatic hydroxyl groups excluding tert-OH is 1. The Hall–Kier alpha value is -1.75. The number of carbonyl (C=O) groups excluding carboxylic acids is 1. The molecule has 2 fully saturated rings. The van der Waals surface area contributed by atoms with E-state index in [0.717, 1.165) is 42.6 Å². The standard InChI is InChI=1S/C23H31NO4/c1-12-5-6-17-21(2,3)18(26)7-8-22(17,4)23(12)10-14-16(25)9-13-15(19(14)28-23)11-24-20(13)27/h9,12,17-18,25-26H,5-8,10-11H2,1-4H3,(H,24,27)/t12-,17+,18-,22+,23-/m1/s1. The summed E-state index contributed by atoms with van der Waals surface area (Å²) in [5.74, 6) is 1.46. The summed E-state index contributed by atoms with van der Waals surface area (Å²) in [4.78, 5) is 12.2. The molecule has 2 aliphatic heterocycles. The Balaban J connectivity index is 1.65. The van der Waals surface area contributed by atoms with Gasteiger partial charge < -0.3 is 20.3 Å². The highest BCUT2D eigenvalue weighted by Crippen LogP contribution is 2.67. The third-order valence-electron chi connectivity index (χ3n) is 8.97. The van der Waals surface area contributed by atoms with Crippen LogP contribution in [-0.4, -0.2) is 27.8 Å². The van der Waals surface area contributed by atoms with E-state index in [-0.39, 0.29) is 28.6 Å². The minimum absolute atomic E-state index is 0.0955. The molecule has 5 nitrogen and oxygen atoms in total. The van der Waals surface area contributed by atoms with Gasteiger partial charge in [0.2, 0.25) is 0 Å². The summed E-state index contributed by atoms with van der Waals surface area (Å²) in [6, 6.07) is 1.61. The van der Waals surface area contributed by atoms with Crippen molar-refractivity contribution in [3.8, 4) is 11.5 Å². The molecule has 0 radical (unpaired) electrons. The van der Waals surface area contributed by atoms with Crippen molar-refractivity contribution < 1.29 is 19.7 Å². The first kappa shape index (κ1) is 18.3. The summed E-state index contributed by atoms with van der Waals surface area (Å²) in [6.07, 6.45) is 4.21. The van der Waals surface area contributed by atoms with Crippen LogP contribution in [0.4, 0.5) is 0 Å². The molecule has 28 heavy (non-hydrogen) atoms. The van der Waals surface area contributed by atoms with Crippen molar-refractivity contribution in [1.82, 2.24) is 5.32 Å². The summed E-state index contributed by atoms with van der Waals surface area (Å²) in [7, 11) is 0. The van der Waals surface area contributed by atoms with Crippen molar-refractivity contribution in [3.05, 3.63) is 22.8 Å². The van der Waals surface area contributed by atoms with Gasteiger partial charge in [-0.2, -0.15) is 0 Å². The maximum atomic E-state index is 12.2. The van der Waals surface area contributed by atoms with E-state index in [4.69, 9.17) is 4.74 Å². The average Bonchev–Trinajstić information content (AvgIpc) is 3.20. The second-order valence-electron chi connectivity index (χ2n) is 10.4. The highest BCUT2D eigenvalue weighted by Gasteiger charge is 2.67. The topological polar surface area (TPSA) is 78.8 Å². The number of carbonyl (C=O) groups is 1. The number of amides is 1. The maximum absolute atomic E-state index is 12.2. The Morgan fingerprint density at radius 1 is 1.18 bits per heavy atom. The molecule has 1 aromatic carbocycles. The van der Waals surface area contributed by atoms with Crippen LogP contribution in [0.5, 0.6) is 11.5 Å². The molecule has 3 N–H and O–H groups in total. The van der Waals surface area contributed by atoms with Crippen LogP contribution in [0, 0.1) is 22.7 Å². The average molecular weight is 386 g/mol. The van der Waals surface area contributed by atoms with Gasteiger partial charge in [-0.05, 0) is 49.0 Å². The first-order chi connectivity index (χ1) is 13.1. The number of phenols is 1. The van der Waals surface area contributed by atoms with Crippen molar-refractivity contribution in [3.63, 3.8) is 0 Å². The van der Waals surface area contributed by atoms with Crippen molar-refractivity contribution in [2.75, 3.05) is 0 Å². The third kappa shape index (κ3) is 1.99. The van der Waals surface area contributed by atoms with Gasteiger partial charge in [0.15, 0.2) is 0 Å². The predicted octanol–water partition coefficient (Wildman–Crippen LogP) is 3.54. The lowest BCUT2D eigenvalue weighted by atomic mass is 9.43. The molecular formula is C23H31NO4. The van der Waals surface area contributed by atoms with Crippen LogP contribution < -0.4 is 10.1 Å². The summed E-state index contributed by atoms with van der Waals surface area (Å²) < 4.78 is 6.89. The number of benzene rings is 1. The van der Waals surface area contributed by atoms with Crippen LogP contribution in [0.2, 0.25) is 0 Å². The van der Waals surface area contributed by atoms with Crippen molar-refractivity contribution >= 4 is 5.91 Å². The molecule has 5 rings (SSSR count). The molecule has 0 unspecified atom stereocenters. The molecule has 5 atom stereocenters. The summed E-state index contributed by atoms with van der Waals surface area (Å²) in [5, 5.41) is 24.3. The first-order valence-electron chi connectivity index (χ1n) is 10.6. The number of fused-ring (bicyclic) bond motifs is 5. The minimum atomic E-state index is -0.409. The lowest BCUT2D eigenvalue weighted by Gasteiger charge is -2.64. The van der Waals surface area contributed by atoms with Crippen LogP contribution in [0.15, 0.2) is 6.07 Å². The van der Waals surface area contributed by atoms with Gasteiger partial charge in [0.25, 0.3) is 5.91 Å². The van der Waals surface area contributed by atoms with Gasteiger partial charge in [-0.25, -0.2) is 0 Å². The molecule has 0 aromatic heterocycles. The van der Waals surface area contributed by atoms with E-state index >= 15 is 0 Å². The largest absolute Gasteiger partial charge is 0.508 e. The normalized spacial score (nSPS) is 40.5. The van der Waals surface area contributed by atoms with E-state index in [9.17, 15) is 15.0 Å². The first-order valence-corrected chi connectivity index (χ1v) is 10.6. The molecule has 5 heteroatoms. The fraction of sp³-hybridized carbons (Fsp3) is 0.696. The fourth-order valence-corrected chi connectivity index (χ4v) is 7.19. The quantitative estimate of drug-likeness (QED) is 0.638. The van der Waals surface area contributed by atoms with Crippen LogP contribution in [0.1, 0.15) is 74.9 Å². The second kappa shape index (κ2) is 5.44. The van der Waals surface area contributed by atoms with Crippen LogP contribution in [0.25, 0.3) is 0 Å². The molecule has 2 heterocycles. The van der Waals surface area contributed by atoms with Gasteiger partial charge in [0.1, 0.15) is 17.1 Å². The number of rotatable bonds is 0. The molecule has 0 saturated heterocycles. The second-order valence-corrected chi connectivity index (χ2v) is 10.4. The van der Waals surface area contributed by atoms with E-state index < -0.39 is 5.60 Å². The number of phenolic OH excluding ortho intramolecular Hbond substituents is 1. The van der Waals surface area contributed by atoms with Gasteiger partial charge in [0.05, 0.1) is 11.7 Å². The van der Waals surface area contributed by atoms with Crippen molar-refractivity contribution in [2.24, 2.45) is 22.7 Å². The Labute approximate surface area is 166 Å². The Kier molecular flexibility index (Phi) is 3.55. The zero-order chi connectivity index (χ0) is 20.1. The summed E-state index contributed by atoms with van der Waals surface area (Å²) >= 11 is 0. The molecule has 4 aliphatic rings. The zero-order valence-electron chi connectivity index (χ0n) is 17.3. The van der Waals surface area contributed by atoms with E-state index in [1.54, 1.807) is 6.07 Å². The highest BCUT2D eigenvalue weighted by atomic mass is 16.5. The molecule has 1 amide bonds. The SMILES string of the molecule is C[C@@H]1CC[C@H]2C(C)(C)[C@H](O)CC[C@]2(C)[C@@]12Cc1c(O)cc3c(c1O2)CNC3=O. The molecule has 1 aromatic rings. The number of aromatic hydroxyl groups is 1. The van der Waals surface area contributed by atoms with Crippen molar-refractivity contribution in [2.45, 2.75) is 78.0 Å². The highest BCUT2D eigenvalue weighted by molar-refractivity contribution is 6.00. The Bertz CT molecular complexity index is 878. The van der Waals surface area contributed by atoms with Gasteiger partial charge in [0, 0.05) is 29.5 Å². The number of hydrogen-bond donors (Lipinski definition) is 3. The fourth-order valence-electron chi connectivity index (χ4n) is 7.19. The molecule has 2 aliphatic carbocycles. The third-order valence-corrected chi connectivity index (χ3v) is 8.97. The smallest absolute Gasteiger partial charge is 0.252 e. The van der Waals surface area contributed by atoms with Gasteiger partial charge >= 0.3 is 0 Å². The lowest BCUT2D eigenvalue weighted by molar-refractivity contribution is -0.210. The van der Waals surface area contributed by atoms with E-state index in [0.29, 0.717) is 30.4 Å². The Morgan fingerprint density at radius 2 is 1.93 bits per heavy atom. The molecule has 0 bridgehead atoms. The number of hydrogen-bond acceptors (Lipinski definition) is 4. The Morgan fingerprint density at radius 3 is 2.68 bits per heavy atom. The maximum Gasteiger partial charge on any atom is 0.252 e. The molecule has 152 valence electrons. The van der Waals surface area contributed by atoms with E-state index in [1.807, 2.05) is 0 Å². The number of ether oxygens (including phenoxy) is 1. The van der Waals surface area contributed by atoms with E-state index in [1.165, 1.54) is 0 Å². The van der Waals surface area contributed by atoms with Gasteiger partial charge in [-0.15, -0.1) is 0 Å². The summed E-state index contributed by atoms with van der Waals surface area (Å²) in [6.45, 7) is 9.47. The van der Waals surface area contributed by atoms with Gasteiger partial charge in [-0.1, -0.05) is 27.7 Å². The van der Waals surface area contributed by atoms with Crippen LogP contribution >= 0.6 is 0 Å². The molecule has 1 spiro atoms. The molecular weight excluding hydrogens is 354 g/mol. The lowest BCUT2D eigenvalue weighted by Crippen LogP contribution is -2.66. The monoisotopic (exact) mass is 385 g/mol. The zero-order valence-corrected chi connectivity index (χ0v) is 17.3.